The van der Waals surface area contributed by atoms with Crippen LogP contribution in [0.3, 0.4) is 0 Å². The number of hydrogen-bond acceptors (Lipinski definition) is 4. The number of carbonyl (C=O) groups excluding carboxylic acids is 2. The predicted molar refractivity (Wildman–Crippen MR) is 89.7 cm³/mol. The molecule has 2 amide bonds. The minimum atomic E-state index is -4.60. The molecule has 26 heavy (non-hydrogen) atoms. The van der Waals surface area contributed by atoms with Crippen molar-refractivity contribution in [2.45, 2.75) is 31.6 Å². The normalized spacial score (nSPS) is 17.1. The number of rotatable bonds is 5. The molecule has 0 saturated carbocycles. The summed E-state index contributed by atoms with van der Waals surface area (Å²) >= 11 is 3.34. The Kier molecular flexibility index (Phi) is 6.74. The lowest BCUT2D eigenvalue weighted by atomic mass is 10.2. The molecule has 1 aromatic carbocycles. The van der Waals surface area contributed by atoms with Crippen LogP contribution in [0.1, 0.15) is 18.4 Å². The molecule has 10 heteroatoms. The molecule has 2 rings (SSSR count). The standard InChI is InChI=1S/C16H18BrF3N2O4/c1-25-13-5-4-10(7-11(13)17)8-21-14(23)12-3-2-6-22(12)15(24)26-9-16(18,19)20/h4-5,7,12H,2-3,6,8-9H2,1H3,(H,21,23). The van der Waals surface area contributed by atoms with E-state index in [9.17, 15) is 22.8 Å². The van der Waals surface area contributed by atoms with Crippen LogP contribution < -0.4 is 10.1 Å². The molecule has 1 atom stereocenters. The van der Waals surface area contributed by atoms with Gasteiger partial charge in [0.15, 0.2) is 6.61 Å². The molecule has 1 heterocycles. The van der Waals surface area contributed by atoms with E-state index in [-0.39, 0.29) is 13.1 Å². The van der Waals surface area contributed by atoms with Gasteiger partial charge in [-0.2, -0.15) is 13.2 Å². The fourth-order valence-corrected chi connectivity index (χ4v) is 3.20. The summed E-state index contributed by atoms with van der Waals surface area (Å²) < 4.78 is 46.6. The number of nitrogens with one attached hydrogen (secondary N) is 1. The summed E-state index contributed by atoms with van der Waals surface area (Å²) in [6.45, 7) is -1.28. The third-order valence-electron chi connectivity index (χ3n) is 3.83. The van der Waals surface area contributed by atoms with Crippen molar-refractivity contribution in [3.8, 4) is 5.75 Å². The van der Waals surface area contributed by atoms with Crippen LogP contribution in [0.2, 0.25) is 0 Å². The average molecular weight is 439 g/mol. The average Bonchev–Trinajstić information content (AvgIpc) is 3.07. The Hall–Kier alpha value is -1.97. The van der Waals surface area contributed by atoms with Crippen LogP contribution in [0.4, 0.5) is 18.0 Å². The Morgan fingerprint density at radius 1 is 1.38 bits per heavy atom. The van der Waals surface area contributed by atoms with Gasteiger partial charge in [-0.15, -0.1) is 0 Å². The van der Waals surface area contributed by atoms with Crippen molar-refractivity contribution in [1.29, 1.82) is 0 Å². The third kappa shape index (κ3) is 5.52. The number of benzene rings is 1. The van der Waals surface area contributed by atoms with Crippen LogP contribution in [0.5, 0.6) is 5.75 Å². The molecule has 1 fully saturated rings. The topological polar surface area (TPSA) is 67.9 Å². The van der Waals surface area contributed by atoms with Gasteiger partial charge in [0.1, 0.15) is 11.8 Å². The Morgan fingerprint density at radius 2 is 2.12 bits per heavy atom. The Balaban J connectivity index is 1.91. The fourth-order valence-electron chi connectivity index (χ4n) is 2.61. The van der Waals surface area contributed by atoms with Crippen molar-refractivity contribution in [1.82, 2.24) is 10.2 Å². The Bertz CT molecular complexity index is 669. The van der Waals surface area contributed by atoms with Crippen molar-refractivity contribution in [2.75, 3.05) is 20.3 Å². The van der Waals surface area contributed by atoms with Gasteiger partial charge >= 0.3 is 12.3 Å². The zero-order chi connectivity index (χ0) is 19.3. The van der Waals surface area contributed by atoms with Gasteiger partial charge in [-0.05, 0) is 46.5 Å². The second kappa shape index (κ2) is 8.61. The highest BCUT2D eigenvalue weighted by Gasteiger charge is 2.37. The van der Waals surface area contributed by atoms with Gasteiger partial charge in [0.05, 0.1) is 11.6 Å². The number of alkyl halides is 3. The quantitative estimate of drug-likeness (QED) is 0.765. The highest BCUT2D eigenvalue weighted by Crippen LogP contribution is 2.26. The molecule has 0 bridgehead atoms. The van der Waals surface area contributed by atoms with Crippen LogP contribution in [0, 0.1) is 0 Å². The monoisotopic (exact) mass is 438 g/mol. The van der Waals surface area contributed by atoms with E-state index in [2.05, 4.69) is 26.0 Å². The number of nitrogens with zero attached hydrogens (tertiary/aromatic N) is 1. The number of ether oxygens (including phenoxy) is 2. The van der Waals surface area contributed by atoms with Gasteiger partial charge in [-0.1, -0.05) is 6.07 Å². The minimum Gasteiger partial charge on any atom is -0.496 e. The van der Waals surface area contributed by atoms with Crippen molar-refractivity contribution in [2.24, 2.45) is 0 Å². The van der Waals surface area contributed by atoms with E-state index in [4.69, 9.17) is 4.74 Å². The lowest BCUT2D eigenvalue weighted by Gasteiger charge is -2.23. The van der Waals surface area contributed by atoms with E-state index in [1.807, 2.05) is 0 Å². The van der Waals surface area contributed by atoms with Gasteiger partial charge in [0.2, 0.25) is 5.91 Å². The third-order valence-corrected chi connectivity index (χ3v) is 4.45. The SMILES string of the molecule is COc1ccc(CNC(=O)C2CCCN2C(=O)OCC(F)(F)F)cc1Br. The lowest BCUT2D eigenvalue weighted by Crippen LogP contribution is -2.46. The molecule has 1 aromatic rings. The van der Waals surface area contributed by atoms with E-state index in [0.29, 0.717) is 18.6 Å². The van der Waals surface area contributed by atoms with Crippen molar-refractivity contribution >= 4 is 27.9 Å². The molecule has 1 aliphatic heterocycles. The fraction of sp³-hybridized carbons (Fsp3) is 0.500. The minimum absolute atomic E-state index is 0.183. The first-order valence-corrected chi connectivity index (χ1v) is 8.61. The highest BCUT2D eigenvalue weighted by atomic mass is 79.9. The lowest BCUT2D eigenvalue weighted by molar-refractivity contribution is -0.162. The molecular formula is C16H18BrF3N2O4. The Morgan fingerprint density at radius 3 is 2.73 bits per heavy atom. The van der Waals surface area contributed by atoms with Gasteiger partial charge < -0.3 is 14.8 Å². The van der Waals surface area contributed by atoms with Gasteiger partial charge in [0, 0.05) is 13.1 Å². The first-order valence-electron chi connectivity index (χ1n) is 7.81. The summed E-state index contributed by atoms with van der Waals surface area (Å²) in [5.41, 5.74) is 0.801. The number of likely N-dealkylation sites (tertiary alicyclic amines) is 1. The van der Waals surface area contributed by atoms with Crippen LogP contribution in [0.25, 0.3) is 0 Å². The van der Waals surface area contributed by atoms with Crippen LogP contribution >= 0.6 is 15.9 Å². The number of hydrogen-bond donors (Lipinski definition) is 1. The second-order valence-corrected chi connectivity index (χ2v) is 6.56. The van der Waals surface area contributed by atoms with E-state index in [1.165, 1.54) is 7.11 Å². The molecule has 1 saturated heterocycles. The highest BCUT2D eigenvalue weighted by molar-refractivity contribution is 9.10. The summed E-state index contributed by atoms with van der Waals surface area (Å²) in [6.07, 6.45) is -4.84. The molecule has 1 aliphatic rings. The van der Waals surface area contributed by atoms with Gasteiger partial charge in [-0.3, -0.25) is 9.69 Å². The predicted octanol–water partition coefficient (Wildman–Crippen LogP) is 3.24. The van der Waals surface area contributed by atoms with E-state index >= 15 is 0 Å². The summed E-state index contributed by atoms with van der Waals surface area (Å²) in [6, 6.07) is 4.45. The van der Waals surface area contributed by atoms with Crippen molar-refractivity contribution in [3.63, 3.8) is 0 Å². The number of halogens is 4. The molecule has 0 aliphatic carbocycles. The molecule has 6 nitrogen and oxygen atoms in total. The maximum atomic E-state index is 12.3. The van der Waals surface area contributed by atoms with E-state index in [0.717, 1.165) is 14.9 Å². The van der Waals surface area contributed by atoms with Crippen LogP contribution in [-0.2, 0) is 16.1 Å². The van der Waals surface area contributed by atoms with E-state index in [1.54, 1.807) is 18.2 Å². The summed E-state index contributed by atoms with van der Waals surface area (Å²) in [5.74, 6) is 0.216. The van der Waals surface area contributed by atoms with Gasteiger partial charge in [-0.25, -0.2) is 4.79 Å². The first kappa shape index (κ1) is 20.3. The first-order chi connectivity index (χ1) is 12.2. The number of methoxy groups -OCH3 is 1. The molecule has 0 radical (unpaired) electrons. The molecule has 0 spiro atoms. The maximum Gasteiger partial charge on any atom is 0.422 e. The van der Waals surface area contributed by atoms with Gasteiger partial charge in [0.25, 0.3) is 0 Å². The largest absolute Gasteiger partial charge is 0.496 e. The van der Waals surface area contributed by atoms with Crippen LogP contribution in [0.15, 0.2) is 22.7 Å². The zero-order valence-electron chi connectivity index (χ0n) is 13.9. The molecule has 1 N–H and O–H groups in total. The van der Waals surface area contributed by atoms with E-state index < -0.39 is 30.8 Å². The summed E-state index contributed by atoms with van der Waals surface area (Å²) in [5, 5.41) is 2.69. The summed E-state index contributed by atoms with van der Waals surface area (Å²) in [7, 11) is 1.54. The Labute approximate surface area is 156 Å². The van der Waals surface area contributed by atoms with Crippen molar-refractivity contribution in [3.05, 3.63) is 28.2 Å². The molecule has 0 aromatic heterocycles. The van der Waals surface area contributed by atoms with Crippen molar-refractivity contribution < 1.29 is 32.2 Å². The smallest absolute Gasteiger partial charge is 0.422 e. The zero-order valence-corrected chi connectivity index (χ0v) is 15.5. The second-order valence-electron chi connectivity index (χ2n) is 5.71. The molecular weight excluding hydrogens is 421 g/mol. The molecule has 144 valence electrons. The number of carbonyl (C=O) groups is 2. The number of amides is 2. The van der Waals surface area contributed by atoms with Crippen LogP contribution in [-0.4, -0.2) is 49.4 Å². The maximum absolute atomic E-state index is 12.3. The summed E-state index contributed by atoms with van der Waals surface area (Å²) in [4.78, 5) is 25.2. The molecule has 1 unspecified atom stereocenters.